The van der Waals surface area contributed by atoms with Gasteiger partial charge in [0.2, 0.25) is 5.91 Å². The van der Waals surface area contributed by atoms with Gasteiger partial charge in [-0.15, -0.1) is 0 Å². The van der Waals surface area contributed by atoms with Gasteiger partial charge in [0.25, 0.3) is 0 Å². The van der Waals surface area contributed by atoms with Crippen LogP contribution in [-0.2, 0) is 24.2 Å². The second kappa shape index (κ2) is 4.09. The van der Waals surface area contributed by atoms with Crippen molar-refractivity contribution < 1.29 is 9.90 Å². The largest absolute Gasteiger partial charge is 0.392 e. The van der Waals surface area contributed by atoms with E-state index in [0.717, 1.165) is 37.7 Å². The molecule has 1 aromatic rings. The van der Waals surface area contributed by atoms with Gasteiger partial charge in [0.15, 0.2) is 0 Å². The molecule has 1 aromatic carbocycles. The van der Waals surface area contributed by atoms with Crippen molar-refractivity contribution in [3.63, 3.8) is 0 Å². The van der Waals surface area contributed by atoms with Crippen LogP contribution in [0.25, 0.3) is 0 Å². The van der Waals surface area contributed by atoms with Crippen LogP contribution in [0.2, 0.25) is 0 Å². The molecule has 3 nitrogen and oxygen atoms in total. The molecule has 1 saturated carbocycles. The van der Waals surface area contributed by atoms with Crippen LogP contribution < -0.4 is 5.73 Å². The lowest BCUT2D eigenvalue weighted by atomic mass is 9.79. The maximum absolute atomic E-state index is 11.8. The van der Waals surface area contributed by atoms with Gasteiger partial charge >= 0.3 is 0 Å². The number of carbonyl (C=O) groups is 1. The lowest BCUT2D eigenvalue weighted by Crippen LogP contribution is -2.36. The summed E-state index contributed by atoms with van der Waals surface area (Å²) in [5, 5.41) is 9.22. The predicted octanol–water partition coefficient (Wildman–Crippen LogP) is 1.55. The van der Waals surface area contributed by atoms with Gasteiger partial charge in [0.1, 0.15) is 0 Å². The number of amides is 1. The van der Waals surface area contributed by atoms with Crippen molar-refractivity contribution in [3.8, 4) is 0 Å². The first kappa shape index (κ1) is 11.7. The zero-order valence-electron chi connectivity index (χ0n) is 10.5. The van der Waals surface area contributed by atoms with E-state index in [0.29, 0.717) is 5.92 Å². The van der Waals surface area contributed by atoms with Crippen LogP contribution >= 0.6 is 0 Å². The minimum Gasteiger partial charge on any atom is -0.392 e. The first-order valence-corrected chi connectivity index (χ1v) is 6.64. The molecule has 0 aliphatic heterocycles. The molecule has 1 fully saturated rings. The van der Waals surface area contributed by atoms with Crippen LogP contribution in [0.5, 0.6) is 0 Å². The van der Waals surface area contributed by atoms with E-state index >= 15 is 0 Å². The second-order valence-corrected chi connectivity index (χ2v) is 5.90. The zero-order valence-corrected chi connectivity index (χ0v) is 10.5. The number of fused-ring (bicyclic) bond motifs is 3. The molecule has 2 bridgehead atoms. The fourth-order valence-electron chi connectivity index (χ4n) is 3.70. The number of primary amides is 1. The summed E-state index contributed by atoms with van der Waals surface area (Å²) in [7, 11) is 0. The summed E-state index contributed by atoms with van der Waals surface area (Å²) < 4.78 is 0. The van der Waals surface area contributed by atoms with E-state index in [1.165, 1.54) is 11.1 Å². The monoisotopic (exact) mass is 245 g/mol. The van der Waals surface area contributed by atoms with E-state index in [4.69, 9.17) is 5.73 Å². The molecule has 0 radical (unpaired) electrons. The topological polar surface area (TPSA) is 63.3 Å². The number of carbonyl (C=O) groups excluding carboxylic acids is 1. The average Bonchev–Trinajstić information content (AvgIpc) is 2.67. The van der Waals surface area contributed by atoms with E-state index in [1.807, 2.05) is 12.1 Å². The highest BCUT2D eigenvalue weighted by atomic mass is 16.3. The fourth-order valence-corrected chi connectivity index (χ4v) is 3.70. The third-order valence-electron chi connectivity index (χ3n) is 4.72. The number of rotatable bonds is 2. The molecule has 2 aliphatic carbocycles. The Hall–Kier alpha value is -1.35. The maximum Gasteiger partial charge on any atom is 0.223 e. The molecule has 3 rings (SSSR count). The lowest BCUT2D eigenvalue weighted by molar-refractivity contribution is -0.127. The number of nitrogens with two attached hydrogens (primary N) is 1. The Balaban J connectivity index is 2.04. The highest BCUT2D eigenvalue weighted by Gasteiger charge is 2.46. The van der Waals surface area contributed by atoms with Gasteiger partial charge in [0.05, 0.1) is 12.0 Å². The molecular weight excluding hydrogens is 226 g/mol. The van der Waals surface area contributed by atoms with Gasteiger partial charge in [0, 0.05) is 0 Å². The van der Waals surface area contributed by atoms with Crippen molar-refractivity contribution in [1.29, 1.82) is 0 Å². The van der Waals surface area contributed by atoms with Crippen LogP contribution in [-0.4, -0.2) is 11.0 Å². The molecule has 0 heterocycles. The Labute approximate surface area is 107 Å². The number of hydrogen-bond donors (Lipinski definition) is 2. The van der Waals surface area contributed by atoms with Gasteiger partial charge in [-0.2, -0.15) is 0 Å². The Morgan fingerprint density at radius 1 is 1.44 bits per heavy atom. The van der Waals surface area contributed by atoms with Crippen LogP contribution in [0.15, 0.2) is 18.2 Å². The van der Waals surface area contributed by atoms with E-state index in [1.54, 1.807) is 0 Å². The van der Waals surface area contributed by atoms with Crippen molar-refractivity contribution in [3.05, 3.63) is 34.9 Å². The average molecular weight is 245 g/mol. The van der Waals surface area contributed by atoms with Gasteiger partial charge in [-0.25, -0.2) is 0 Å². The summed E-state index contributed by atoms with van der Waals surface area (Å²) in [5.74, 6) is 0.450. The van der Waals surface area contributed by atoms with E-state index in [2.05, 4.69) is 6.07 Å². The molecule has 0 saturated heterocycles. The van der Waals surface area contributed by atoms with Crippen molar-refractivity contribution >= 4 is 5.91 Å². The van der Waals surface area contributed by atoms with Crippen molar-refractivity contribution in [2.75, 3.05) is 0 Å². The molecule has 18 heavy (non-hydrogen) atoms. The Kier molecular flexibility index (Phi) is 2.67. The van der Waals surface area contributed by atoms with Gasteiger partial charge in [-0.05, 0) is 54.7 Å². The number of benzene rings is 1. The smallest absolute Gasteiger partial charge is 0.223 e. The predicted molar refractivity (Wildman–Crippen MR) is 68.7 cm³/mol. The molecule has 3 heteroatoms. The first-order chi connectivity index (χ1) is 8.63. The summed E-state index contributed by atoms with van der Waals surface area (Å²) in [6.45, 7) is 0.0558. The van der Waals surface area contributed by atoms with Crippen LogP contribution in [0.3, 0.4) is 0 Å². The fraction of sp³-hybridized carbons (Fsp3) is 0.533. The van der Waals surface area contributed by atoms with Crippen LogP contribution in [0, 0.1) is 11.3 Å². The molecule has 3 N–H and O–H groups in total. The van der Waals surface area contributed by atoms with Crippen LogP contribution in [0.4, 0.5) is 0 Å². The minimum absolute atomic E-state index is 0.0558. The summed E-state index contributed by atoms with van der Waals surface area (Å²) in [6.07, 6.45) is 4.78. The molecule has 2 unspecified atom stereocenters. The second-order valence-electron chi connectivity index (χ2n) is 5.90. The number of aliphatic hydroxyl groups is 1. The van der Waals surface area contributed by atoms with Gasteiger partial charge < -0.3 is 10.8 Å². The molecule has 96 valence electrons. The zero-order chi connectivity index (χ0) is 12.8. The summed E-state index contributed by atoms with van der Waals surface area (Å²) in [4.78, 5) is 11.8. The quantitative estimate of drug-likeness (QED) is 0.830. The molecule has 2 atom stereocenters. The molecular formula is C15H19NO2. The normalized spacial score (nSPS) is 29.7. The maximum atomic E-state index is 11.8. The highest BCUT2D eigenvalue weighted by Crippen LogP contribution is 2.48. The first-order valence-electron chi connectivity index (χ1n) is 6.64. The summed E-state index contributed by atoms with van der Waals surface area (Å²) >= 11 is 0. The van der Waals surface area contributed by atoms with Gasteiger partial charge in [-0.3, -0.25) is 4.79 Å². The van der Waals surface area contributed by atoms with Crippen LogP contribution in [0.1, 0.15) is 36.0 Å². The van der Waals surface area contributed by atoms with Crippen molar-refractivity contribution in [2.45, 2.75) is 38.7 Å². The third kappa shape index (κ3) is 1.74. The van der Waals surface area contributed by atoms with E-state index in [-0.39, 0.29) is 17.9 Å². The molecule has 0 aromatic heterocycles. The standard InChI is InChI=1S/C15H19NO2/c16-14(18)15-4-3-10(7-15)5-12-2-1-11(9-17)6-13(12)8-15/h1-2,6,10,17H,3-5,7-9H2,(H2,16,18). The number of aliphatic hydroxyl groups excluding tert-OH is 1. The van der Waals surface area contributed by atoms with E-state index < -0.39 is 0 Å². The van der Waals surface area contributed by atoms with Crippen molar-refractivity contribution in [2.24, 2.45) is 17.1 Å². The summed E-state index contributed by atoms with van der Waals surface area (Å²) in [6, 6.07) is 6.13. The third-order valence-corrected chi connectivity index (χ3v) is 4.72. The Morgan fingerprint density at radius 2 is 2.28 bits per heavy atom. The van der Waals surface area contributed by atoms with E-state index in [9.17, 15) is 9.90 Å². The Bertz CT molecular complexity index is 497. The number of hydrogen-bond acceptors (Lipinski definition) is 2. The summed E-state index contributed by atoms with van der Waals surface area (Å²) in [5.41, 5.74) is 8.79. The minimum atomic E-state index is -0.329. The Morgan fingerprint density at radius 3 is 3.00 bits per heavy atom. The molecule has 0 spiro atoms. The highest BCUT2D eigenvalue weighted by molar-refractivity contribution is 5.81. The van der Waals surface area contributed by atoms with Crippen molar-refractivity contribution in [1.82, 2.24) is 0 Å². The lowest BCUT2D eigenvalue weighted by Gasteiger charge is -2.25. The molecule has 1 amide bonds. The van der Waals surface area contributed by atoms with Gasteiger partial charge in [-0.1, -0.05) is 18.2 Å². The SMILES string of the molecule is NC(=O)C12CCC(Cc3ccc(CO)cc3C1)C2. The molecule has 2 aliphatic rings.